The molecule has 1 heterocycles. The number of aliphatic carboxylic acids is 1. The first-order chi connectivity index (χ1) is 10.6. The minimum Gasteiger partial charge on any atom is -0.481 e. The standard InChI is InChI=1S/C14H21F3N2O4/c1-9(6-23-8-14(15,16)17)18-12(22)19-5-10-3-2-4-13(10,7-19)11(20)21/h9-10H,2-8H2,1H3,(H,18,22)(H,20,21)/t9?,10-,13+/m0/s1. The number of nitrogens with zero attached hydrogens (tertiary/aromatic N) is 1. The topological polar surface area (TPSA) is 78.9 Å². The van der Waals surface area contributed by atoms with Crippen LogP contribution in [-0.4, -0.2) is 60.5 Å². The molecule has 1 aliphatic carbocycles. The Hall–Kier alpha value is -1.51. The number of carbonyl (C=O) groups excluding carboxylic acids is 1. The molecule has 6 nitrogen and oxygen atoms in total. The number of carboxylic acid groups (broad SMARTS) is 1. The van der Waals surface area contributed by atoms with Gasteiger partial charge in [0.1, 0.15) is 6.61 Å². The van der Waals surface area contributed by atoms with Gasteiger partial charge >= 0.3 is 18.2 Å². The second-order valence-electron chi connectivity index (χ2n) is 6.41. The third-order valence-electron chi connectivity index (χ3n) is 4.59. The predicted molar refractivity (Wildman–Crippen MR) is 73.9 cm³/mol. The summed E-state index contributed by atoms with van der Waals surface area (Å²) < 4.78 is 40.5. The van der Waals surface area contributed by atoms with E-state index < -0.39 is 36.2 Å². The largest absolute Gasteiger partial charge is 0.481 e. The third-order valence-corrected chi connectivity index (χ3v) is 4.59. The number of hydrogen-bond acceptors (Lipinski definition) is 3. The second kappa shape index (κ2) is 6.54. The van der Waals surface area contributed by atoms with Gasteiger partial charge in [-0.2, -0.15) is 13.2 Å². The van der Waals surface area contributed by atoms with Gasteiger partial charge in [0.15, 0.2) is 0 Å². The summed E-state index contributed by atoms with van der Waals surface area (Å²) >= 11 is 0. The molecule has 9 heteroatoms. The number of carbonyl (C=O) groups is 2. The number of hydrogen-bond donors (Lipinski definition) is 2. The van der Waals surface area contributed by atoms with E-state index in [4.69, 9.17) is 0 Å². The molecule has 1 unspecified atom stereocenters. The van der Waals surface area contributed by atoms with Crippen molar-refractivity contribution in [1.29, 1.82) is 0 Å². The summed E-state index contributed by atoms with van der Waals surface area (Å²) in [7, 11) is 0. The average Bonchev–Trinajstić information content (AvgIpc) is 2.93. The van der Waals surface area contributed by atoms with E-state index in [9.17, 15) is 27.9 Å². The summed E-state index contributed by atoms with van der Waals surface area (Å²) in [6.07, 6.45) is -2.22. The van der Waals surface area contributed by atoms with E-state index >= 15 is 0 Å². The van der Waals surface area contributed by atoms with E-state index in [0.717, 1.165) is 12.8 Å². The molecule has 0 spiro atoms. The van der Waals surface area contributed by atoms with Crippen molar-refractivity contribution in [3.63, 3.8) is 0 Å². The van der Waals surface area contributed by atoms with Crippen LogP contribution in [0.5, 0.6) is 0 Å². The smallest absolute Gasteiger partial charge is 0.411 e. The summed E-state index contributed by atoms with van der Waals surface area (Å²) in [5.74, 6) is -0.931. The molecule has 2 amide bonds. The molecule has 2 aliphatic rings. The van der Waals surface area contributed by atoms with Gasteiger partial charge in [0.05, 0.1) is 18.1 Å². The van der Waals surface area contributed by atoms with Gasteiger partial charge < -0.3 is 20.1 Å². The van der Waals surface area contributed by atoms with Crippen molar-refractivity contribution in [1.82, 2.24) is 10.2 Å². The summed E-state index contributed by atoms with van der Waals surface area (Å²) in [5.41, 5.74) is -0.868. The van der Waals surface area contributed by atoms with Gasteiger partial charge in [-0.1, -0.05) is 6.42 Å². The fraction of sp³-hybridized carbons (Fsp3) is 0.857. The maximum atomic E-state index is 12.2. The SMILES string of the molecule is CC(COCC(F)(F)F)NC(=O)N1C[C@@H]2CCC[C@@]2(C(=O)O)C1. The number of amides is 2. The van der Waals surface area contributed by atoms with Crippen LogP contribution in [0.3, 0.4) is 0 Å². The van der Waals surface area contributed by atoms with Crippen LogP contribution in [0.25, 0.3) is 0 Å². The summed E-state index contributed by atoms with van der Waals surface area (Å²) in [6, 6.07) is -1.05. The Labute approximate surface area is 132 Å². The number of nitrogens with one attached hydrogen (secondary N) is 1. The number of carboxylic acids is 1. The molecular weight excluding hydrogens is 317 g/mol. The number of alkyl halides is 3. The van der Waals surface area contributed by atoms with Crippen LogP contribution >= 0.6 is 0 Å². The van der Waals surface area contributed by atoms with Crippen molar-refractivity contribution < 1.29 is 32.6 Å². The summed E-state index contributed by atoms with van der Waals surface area (Å²) in [4.78, 5) is 25.1. The van der Waals surface area contributed by atoms with Crippen molar-refractivity contribution in [3.8, 4) is 0 Å². The molecule has 1 saturated carbocycles. The van der Waals surface area contributed by atoms with Crippen LogP contribution in [0.2, 0.25) is 0 Å². The number of urea groups is 1. The zero-order valence-corrected chi connectivity index (χ0v) is 12.9. The minimum absolute atomic E-state index is 0.0532. The van der Waals surface area contributed by atoms with Gasteiger partial charge in [-0.15, -0.1) is 0 Å². The van der Waals surface area contributed by atoms with Crippen LogP contribution in [0.15, 0.2) is 0 Å². The van der Waals surface area contributed by atoms with Crippen LogP contribution < -0.4 is 5.32 Å². The number of fused-ring (bicyclic) bond motifs is 1. The van der Waals surface area contributed by atoms with Gasteiger partial charge in [0.2, 0.25) is 0 Å². The number of rotatable bonds is 5. The number of ether oxygens (including phenoxy) is 1. The Balaban J connectivity index is 1.82. The maximum Gasteiger partial charge on any atom is 0.411 e. The lowest BCUT2D eigenvalue weighted by molar-refractivity contribution is -0.174. The van der Waals surface area contributed by atoms with Crippen molar-refractivity contribution in [2.75, 3.05) is 26.3 Å². The van der Waals surface area contributed by atoms with Gasteiger partial charge in [-0.05, 0) is 25.7 Å². The molecule has 2 rings (SSSR count). The zero-order chi connectivity index (χ0) is 17.3. The normalized spacial score (nSPS) is 28.5. The molecular formula is C14H21F3N2O4. The lowest BCUT2D eigenvalue weighted by Crippen LogP contribution is -2.46. The van der Waals surface area contributed by atoms with E-state index in [1.165, 1.54) is 11.8 Å². The molecule has 132 valence electrons. The maximum absolute atomic E-state index is 12.2. The molecule has 2 fully saturated rings. The highest BCUT2D eigenvalue weighted by Crippen LogP contribution is 2.48. The van der Waals surface area contributed by atoms with Gasteiger partial charge in [0.25, 0.3) is 0 Å². The summed E-state index contributed by atoms with van der Waals surface area (Å²) in [5, 5.41) is 12.0. The van der Waals surface area contributed by atoms with Crippen molar-refractivity contribution >= 4 is 12.0 Å². The van der Waals surface area contributed by atoms with E-state index in [0.29, 0.717) is 13.0 Å². The molecule has 0 radical (unpaired) electrons. The third kappa shape index (κ3) is 4.07. The van der Waals surface area contributed by atoms with E-state index in [-0.39, 0.29) is 19.1 Å². The highest BCUT2D eigenvalue weighted by atomic mass is 19.4. The monoisotopic (exact) mass is 338 g/mol. The van der Waals surface area contributed by atoms with Crippen LogP contribution in [0, 0.1) is 11.3 Å². The van der Waals surface area contributed by atoms with Crippen LogP contribution in [-0.2, 0) is 9.53 Å². The Morgan fingerprint density at radius 3 is 2.74 bits per heavy atom. The van der Waals surface area contributed by atoms with Crippen molar-refractivity contribution in [3.05, 3.63) is 0 Å². The number of halogens is 3. The predicted octanol–water partition coefficient (Wildman–Crippen LogP) is 1.85. The second-order valence-corrected chi connectivity index (χ2v) is 6.41. The minimum atomic E-state index is -4.40. The first-order valence-electron chi connectivity index (χ1n) is 7.57. The van der Waals surface area contributed by atoms with Crippen molar-refractivity contribution in [2.24, 2.45) is 11.3 Å². The van der Waals surface area contributed by atoms with Gasteiger partial charge in [-0.3, -0.25) is 4.79 Å². The lowest BCUT2D eigenvalue weighted by atomic mass is 9.81. The first-order valence-corrected chi connectivity index (χ1v) is 7.57. The molecule has 0 aromatic heterocycles. The molecule has 0 aromatic carbocycles. The van der Waals surface area contributed by atoms with E-state index in [2.05, 4.69) is 10.1 Å². The molecule has 23 heavy (non-hydrogen) atoms. The fourth-order valence-electron chi connectivity index (χ4n) is 3.49. The fourth-order valence-corrected chi connectivity index (χ4v) is 3.49. The molecule has 1 aliphatic heterocycles. The highest BCUT2D eigenvalue weighted by Gasteiger charge is 2.55. The summed E-state index contributed by atoms with van der Waals surface area (Å²) in [6.45, 7) is 0.440. The first kappa shape index (κ1) is 17.8. The molecule has 0 aromatic rings. The Kier molecular flexibility index (Phi) is 5.07. The Morgan fingerprint density at radius 2 is 2.17 bits per heavy atom. The molecule has 2 N–H and O–H groups in total. The van der Waals surface area contributed by atoms with Gasteiger partial charge in [0, 0.05) is 13.1 Å². The Morgan fingerprint density at radius 1 is 1.48 bits per heavy atom. The highest BCUT2D eigenvalue weighted by molar-refractivity contribution is 5.80. The van der Waals surface area contributed by atoms with Crippen LogP contribution in [0.1, 0.15) is 26.2 Å². The van der Waals surface area contributed by atoms with E-state index in [1.807, 2.05) is 0 Å². The van der Waals surface area contributed by atoms with Crippen LogP contribution in [0.4, 0.5) is 18.0 Å². The van der Waals surface area contributed by atoms with E-state index in [1.54, 1.807) is 0 Å². The molecule has 0 bridgehead atoms. The Bertz CT molecular complexity index is 471. The number of likely N-dealkylation sites (tertiary alicyclic amines) is 1. The lowest BCUT2D eigenvalue weighted by Gasteiger charge is -2.24. The zero-order valence-electron chi connectivity index (χ0n) is 12.9. The quantitative estimate of drug-likeness (QED) is 0.802. The molecule has 1 saturated heterocycles. The molecule has 3 atom stereocenters. The van der Waals surface area contributed by atoms with Gasteiger partial charge in [-0.25, -0.2) is 4.79 Å². The average molecular weight is 338 g/mol. The van der Waals surface area contributed by atoms with Crippen molar-refractivity contribution in [2.45, 2.75) is 38.4 Å².